The second-order valence-corrected chi connectivity index (χ2v) is 8.49. The minimum absolute atomic E-state index is 0.166. The van der Waals surface area contributed by atoms with E-state index in [0.29, 0.717) is 24.1 Å². The molecule has 1 atom stereocenters. The molecule has 3 aromatic carbocycles. The predicted molar refractivity (Wildman–Crippen MR) is 132 cm³/mol. The lowest BCUT2D eigenvalue weighted by Crippen LogP contribution is -2.39. The number of hydrogen-bond donors (Lipinski definition) is 1. The summed E-state index contributed by atoms with van der Waals surface area (Å²) in [6.07, 6.45) is 4.08. The lowest BCUT2D eigenvalue weighted by atomic mass is 10.00. The number of carbonyl (C=O) groups is 2. The number of nitrogens with one attached hydrogen (secondary N) is 1. The highest BCUT2D eigenvalue weighted by molar-refractivity contribution is 6.04. The predicted octanol–water partition coefficient (Wildman–Crippen LogP) is 4.94. The summed E-state index contributed by atoms with van der Waals surface area (Å²) in [6.45, 7) is 0.673. The van der Waals surface area contributed by atoms with Crippen LogP contribution in [0.1, 0.15) is 33.1 Å². The molecule has 1 aromatic heterocycles. The number of pyridine rings is 1. The van der Waals surface area contributed by atoms with E-state index >= 15 is 0 Å². The first-order chi connectivity index (χ1) is 17.1. The number of rotatable bonds is 7. The second-order valence-electron chi connectivity index (χ2n) is 8.49. The lowest BCUT2D eigenvalue weighted by Gasteiger charge is -2.26. The van der Waals surface area contributed by atoms with Crippen LogP contribution in [-0.4, -0.2) is 28.2 Å². The van der Waals surface area contributed by atoms with Crippen molar-refractivity contribution < 1.29 is 14.0 Å². The van der Waals surface area contributed by atoms with E-state index in [0.717, 1.165) is 22.3 Å². The molecule has 0 saturated carbocycles. The quantitative estimate of drug-likeness (QED) is 0.420. The molecule has 2 amide bonds. The molecule has 2 heterocycles. The molecule has 0 aliphatic carbocycles. The molecule has 0 bridgehead atoms. The average molecular weight is 466 g/mol. The molecule has 1 unspecified atom stereocenters. The van der Waals surface area contributed by atoms with Crippen molar-refractivity contribution in [3.63, 3.8) is 0 Å². The van der Waals surface area contributed by atoms with Crippen LogP contribution in [0.3, 0.4) is 0 Å². The third-order valence-corrected chi connectivity index (χ3v) is 6.26. The van der Waals surface area contributed by atoms with Crippen molar-refractivity contribution in [2.45, 2.75) is 19.0 Å². The molecule has 1 aliphatic heterocycles. The number of fused-ring (bicyclic) bond motifs is 1. The molecule has 4 aromatic rings. The molecule has 0 radical (unpaired) electrons. The smallest absolute Gasteiger partial charge is 0.255 e. The fourth-order valence-corrected chi connectivity index (χ4v) is 4.54. The van der Waals surface area contributed by atoms with Crippen LogP contribution in [-0.2, 0) is 17.8 Å². The molecular formula is C29H24FN3O2. The van der Waals surface area contributed by atoms with Gasteiger partial charge in [-0.25, -0.2) is 4.39 Å². The molecule has 5 rings (SSSR count). The summed E-state index contributed by atoms with van der Waals surface area (Å²) in [6, 6.07) is 24.5. The van der Waals surface area contributed by atoms with Crippen LogP contribution in [0, 0.1) is 5.82 Å². The van der Waals surface area contributed by atoms with E-state index in [1.807, 2.05) is 54.6 Å². The van der Waals surface area contributed by atoms with Gasteiger partial charge < -0.3 is 10.2 Å². The number of benzene rings is 3. The molecular weight excluding hydrogens is 441 g/mol. The zero-order chi connectivity index (χ0) is 24.2. The molecule has 0 fully saturated rings. The van der Waals surface area contributed by atoms with Gasteiger partial charge in [0.05, 0.1) is 0 Å². The van der Waals surface area contributed by atoms with Gasteiger partial charge in [0.25, 0.3) is 5.91 Å². The van der Waals surface area contributed by atoms with Crippen LogP contribution in [0.25, 0.3) is 11.1 Å². The Morgan fingerprint density at radius 1 is 0.914 bits per heavy atom. The molecule has 1 aliphatic rings. The maximum Gasteiger partial charge on any atom is 0.255 e. The molecule has 174 valence electrons. The summed E-state index contributed by atoms with van der Waals surface area (Å²) in [7, 11) is 0. The number of halogens is 1. The topological polar surface area (TPSA) is 62.3 Å². The van der Waals surface area contributed by atoms with E-state index in [2.05, 4.69) is 10.3 Å². The highest BCUT2D eigenvalue weighted by Gasteiger charge is 2.40. The number of carbonyl (C=O) groups excluding carboxylic acids is 2. The molecule has 6 heteroatoms. The number of aromatic nitrogens is 1. The van der Waals surface area contributed by atoms with E-state index in [1.165, 1.54) is 12.1 Å². The van der Waals surface area contributed by atoms with E-state index < -0.39 is 6.04 Å². The monoisotopic (exact) mass is 465 g/mol. The maximum atomic E-state index is 13.4. The first-order valence-corrected chi connectivity index (χ1v) is 11.5. The minimum atomic E-state index is -0.728. The van der Waals surface area contributed by atoms with Gasteiger partial charge in [-0.3, -0.25) is 14.6 Å². The summed E-state index contributed by atoms with van der Waals surface area (Å²) in [4.78, 5) is 32.6. The SMILES string of the molecule is O=C(NCCc1ccc(F)cc1)C1c2ccccc2C(=O)N1Cc1ccccc1-c1cccnc1. The first kappa shape index (κ1) is 22.5. The number of nitrogens with zero attached hydrogens (tertiary/aromatic N) is 2. The van der Waals surface area contributed by atoms with Crippen molar-refractivity contribution in [2.24, 2.45) is 0 Å². The summed E-state index contributed by atoms with van der Waals surface area (Å²) < 4.78 is 13.2. The standard InChI is InChI=1S/C29H24FN3O2/c30-23-13-11-20(12-14-23)15-17-32-28(34)27-25-9-3-4-10-26(25)29(35)33(27)19-22-6-1-2-8-24(22)21-7-5-16-31-18-21/h1-14,16,18,27H,15,17,19H2,(H,32,34). The Hall–Kier alpha value is -4.32. The fourth-order valence-electron chi connectivity index (χ4n) is 4.54. The van der Waals surface area contributed by atoms with E-state index in [4.69, 9.17) is 0 Å². The second kappa shape index (κ2) is 9.89. The fraction of sp³-hybridized carbons (Fsp3) is 0.138. The zero-order valence-electron chi connectivity index (χ0n) is 19.0. The minimum Gasteiger partial charge on any atom is -0.354 e. The molecule has 0 saturated heterocycles. The van der Waals surface area contributed by atoms with Gasteiger partial charge in [0.15, 0.2) is 0 Å². The summed E-state index contributed by atoms with van der Waals surface area (Å²) in [5.41, 5.74) is 5.04. The highest BCUT2D eigenvalue weighted by Crippen LogP contribution is 2.36. The third-order valence-electron chi connectivity index (χ3n) is 6.26. The van der Waals surface area contributed by atoms with Crippen molar-refractivity contribution in [2.75, 3.05) is 6.54 Å². The van der Waals surface area contributed by atoms with Crippen LogP contribution in [0.15, 0.2) is 97.3 Å². The van der Waals surface area contributed by atoms with Gasteiger partial charge in [0.2, 0.25) is 5.91 Å². The third kappa shape index (κ3) is 4.68. The van der Waals surface area contributed by atoms with Crippen LogP contribution >= 0.6 is 0 Å². The van der Waals surface area contributed by atoms with Crippen molar-refractivity contribution in [1.29, 1.82) is 0 Å². The van der Waals surface area contributed by atoms with Gasteiger partial charge >= 0.3 is 0 Å². The van der Waals surface area contributed by atoms with Crippen LogP contribution in [0.4, 0.5) is 4.39 Å². The Labute approximate surface area is 203 Å². The Balaban J connectivity index is 1.39. The van der Waals surface area contributed by atoms with Crippen molar-refractivity contribution in [1.82, 2.24) is 15.2 Å². The Bertz CT molecular complexity index is 1360. The maximum absolute atomic E-state index is 13.4. The van der Waals surface area contributed by atoms with E-state index in [1.54, 1.807) is 35.5 Å². The average Bonchev–Trinajstić information content (AvgIpc) is 3.17. The van der Waals surface area contributed by atoms with Gasteiger partial charge in [0.1, 0.15) is 11.9 Å². The first-order valence-electron chi connectivity index (χ1n) is 11.5. The van der Waals surface area contributed by atoms with Crippen LogP contribution in [0.2, 0.25) is 0 Å². The Morgan fingerprint density at radius 2 is 1.66 bits per heavy atom. The van der Waals surface area contributed by atoms with Gasteiger partial charge in [-0.15, -0.1) is 0 Å². The molecule has 0 spiro atoms. The van der Waals surface area contributed by atoms with Crippen molar-refractivity contribution in [3.05, 3.63) is 125 Å². The van der Waals surface area contributed by atoms with Gasteiger partial charge in [-0.1, -0.05) is 60.7 Å². The van der Waals surface area contributed by atoms with E-state index in [-0.39, 0.29) is 24.2 Å². The molecule has 1 N–H and O–H groups in total. The van der Waals surface area contributed by atoms with Crippen LogP contribution < -0.4 is 5.32 Å². The number of hydrogen-bond acceptors (Lipinski definition) is 3. The zero-order valence-corrected chi connectivity index (χ0v) is 19.0. The van der Waals surface area contributed by atoms with Crippen molar-refractivity contribution >= 4 is 11.8 Å². The van der Waals surface area contributed by atoms with Gasteiger partial charge in [-0.2, -0.15) is 0 Å². The lowest BCUT2D eigenvalue weighted by molar-refractivity contribution is -0.125. The van der Waals surface area contributed by atoms with Gasteiger partial charge in [0, 0.05) is 36.6 Å². The number of amides is 2. The molecule has 35 heavy (non-hydrogen) atoms. The van der Waals surface area contributed by atoms with Crippen LogP contribution in [0.5, 0.6) is 0 Å². The van der Waals surface area contributed by atoms with Gasteiger partial charge in [-0.05, 0) is 52.9 Å². The Morgan fingerprint density at radius 3 is 2.43 bits per heavy atom. The highest BCUT2D eigenvalue weighted by atomic mass is 19.1. The normalized spacial score (nSPS) is 14.6. The summed E-state index contributed by atoms with van der Waals surface area (Å²) in [5.74, 6) is -0.689. The summed E-state index contributed by atoms with van der Waals surface area (Å²) in [5, 5.41) is 2.97. The largest absolute Gasteiger partial charge is 0.354 e. The Kier molecular flexibility index (Phi) is 6.35. The van der Waals surface area contributed by atoms with Crippen molar-refractivity contribution in [3.8, 4) is 11.1 Å². The summed E-state index contributed by atoms with van der Waals surface area (Å²) >= 11 is 0. The van der Waals surface area contributed by atoms with E-state index in [9.17, 15) is 14.0 Å². The molecule has 5 nitrogen and oxygen atoms in total.